The van der Waals surface area contributed by atoms with Gasteiger partial charge in [-0.3, -0.25) is 4.79 Å². The van der Waals surface area contributed by atoms with Gasteiger partial charge in [0.05, 0.1) is 0 Å². The number of amides is 1. The van der Waals surface area contributed by atoms with Crippen molar-refractivity contribution in [3.05, 3.63) is 71.8 Å². The van der Waals surface area contributed by atoms with E-state index in [1.54, 1.807) is 4.90 Å². The Morgan fingerprint density at radius 1 is 0.900 bits per heavy atom. The standard InChI is InChI=1S/C18H21NO/c1-19(18(20)17-13-6-3-7-14-17)15-9-8-12-16-10-4-2-5-11-16/h2-7,10-11,13-14H,8-9,12,15H2,1H3. The molecule has 0 aliphatic carbocycles. The number of hydrogen-bond acceptors (Lipinski definition) is 1. The van der Waals surface area contributed by atoms with Crippen LogP contribution in [0, 0.1) is 0 Å². The maximum atomic E-state index is 12.1. The highest BCUT2D eigenvalue weighted by atomic mass is 16.2. The fourth-order valence-corrected chi connectivity index (χ4v) is 2.23. The van der Waals surface area contributed by atoms with E-state index in [2.05, 4.69) is 24.3 Å². The van der Waals surface area contributed by atoms with Crippen LogP contribution in [0.2, 0.25) is 0 Å². The van der Waals surface area contributed by atoms with E-state index in [0.29, 0.717) is 0 Å². The molecule has 0 radical (unpaired) electrons. The molecule has 2 heteroatoms. The van der Waals surface area contributed by atoms with Gasteiger partial charge in [-0.05, 0) is 37.0 Å². The molecule has 0 N–H and O–H groups in total. The van der Waals surface area contributed by atoms with Crippen LogP contribution in [0.1, 0.15) is 28.8 Å². The van der Waals surface area contributed by atoms with E-state index in [-0.39, 0.29) is 5.91 Å². The summed E-state index contributed by atoms with van der Waals surface area (Å²) in [6, 6.07) is 19.9. The summed E-state index contributed by atoms with van der Waals surface area (Å²) in [6.45, 7) is 0.806. The minimum atomic E-state index is 0.102. The second-order valence-corrected chi connectivity index (χ2v) is 5.04. The van der Waals surface area contributed by atoms with E-state index >= 15 is 0 Å². The number of rotatable bonds is 6. The van der Waals surface area contributed by atoms with Gasteiger partial charge in [-0.1, -0.05) is 48.5 Å². The van der Waals surface area contributed by atoms with Gasteiger partial charge >= 0.3 is 0 Å². The first kappa shape index (κ1) is 14.3. The van der Waals surface area contributed by atoms with Crippen LogP contribution in [-0.2, 0) is 6.42 Å². The minimum Gasteiger partial charge on any atom is -0.342 e. The number of carbonyl (C=O) groups excluding carboxylic acids is 1. The van der Waals surface area contributed by atoms with E-state index < -0.39 is 0 Å². The molecule has 0 aromatic heterocycles. The Morgan fingerprint density at radius 3 is 2.15 bits per heavy atom. The van der Waals surface area contributed by atoms with Crippen molar-refractivity contribution in [1.29, 1.82) is 0 Å². The first-order valence-electron chi connectivity index (χ1n) is 7.12. The van der Waals surface area contributed by atoms with Crippen molar-refractivity contribution in [3.63, 3.8) is 0 Å². The summed E-state index contributed by atoms with van der Waals surface area (Å²) in [7, 11) is 1.87. The lowest BCUT2D eigenvalue weighted by atomic mass is 10.1. The van der Waals surface area contributed by atoms with Crippen molar-refractivity contribution in [3.8, 4) is 0 Å². The molecule has 20 heavy (non-hydrogen) atoms. The molecule has 0 bridgehead atoms. The number of benzene rings is 2. The summed E-state index contributed by atoms with van der Waals surface area (Å²) in [5, 5.41) is 0. The van der Waals surface area contributed by atoms with Crippen molar-refractivity contribution < 1.29 is 4.79 Å². The van der Waals surface area contributed by atoms with Gasteiger partial charge in [-0.2, -0.15) is 0 Å². The van der Waals surface area contributed by atoms with E-state index in [0.717, 1.165) is 31.4 Å². The minimum absolute atomic E-state index is 0.102. The summed E-state index contributed by atoms with van der Waals surface area (Å²) in [4.78, 5) is 13.9. The molecule has 2 aromatic carbocycles. The van der Waals surface area contributed by atoms with Crippen LogP contribution >= 0.6 is 0 Å². The van der Waals surface area contributed by atoms with Crippen LogP contribution in [-0.4, -0.2) is 24.4 Å². The van der Waals surface area contributed by atoms with Crippen molar-refractivity contribution in [1.82, 2.24) is 4.90 Å². The normalized spacial score (nSPS) is 10.2. The molecule has 0 fully saturated rings. The summed E-state index contributed by atoms with van der Waals surface area (Å²) >= 11 is 0. The summed E-state index contributed by atoms with van der Waals surface area (Å²) in [5.41, 5.74) is 2.13. The highest BCUT2D eigenvalue weighted by Crippen LogP contribution is 2.07. The van der Waals surface area contributed by atoms with Gasteiger partial charge in [0.2, 0.25) is 0 Å². The number of aryl methyl sites for hydroxylation is 1. The van der Waals surface area contributed by atoms with Gasteiger partial charge in [-0.15, -0.1) is 0 Å². The molecule has 2 rings (SSSR count). The molecule has 0 unspecified atom stereocenters. The van der Waals surface area contributed by atoms with Crippen molar-refractivity contribution in [2.75, 3.05) is 13.6 Å². The second-order valence-electron chi connectivity index (χ2n) is 5.04. The zero-order valence-electron chi connectivity index (χ0n) is 12.0. The fraction of sp³-hybridized carbons (Fsp3) is 0.278. The maximum absolute atomic E-state index is 12.1. The van der Waals surface area contributed by atoms with Crippen molar-refractivity contribution >= 4 is 5.91 Å². The van der Waals surface area contributed by atoms with Gasteiger partial charge in [-0.25, -0.2) is 0 Å². The number of unbranched alkanes of at least 4 members (excludes halogenated alkanes) is 1. The molecule has 0 spiro atoms. The van der Waals surface area contributed by atoms with Gasteiger partial charge < -0.3 is 4.90 Å². The predicted octanol–water partition coefficient (Wildman–Crippen LogP) is 3.78. The maximum Gasteiger partial charge on any atom is 0.253 e. The monoisotopic (exact) mass is 267 g/mol. The lowest BCUT2D eigenvalue weighted by Gasteiger charge is -2.17. The van der Waals surface area contributed by atoms with Crippen LogP contribution < -0.4 is 0 Å². The molecule has 0 heterocycles. The van der Waals surface area contributed by atoms with Crippen LogP contribution in [0.4, 0.5) is 0 Å². The van der Waals surface area contributed by atoms with Crippen LogP contribution in [0.15, 0.2) is 60.7 Å². The molecule has 2 nitrogen and oxygen atoms in total. The van der Waals surface area contributed by atoms with Gasteiger partial charge in [0, 0.05) is 19.2 Å². The summed E-state index contributed by atoms with van der Waals surface area (Å²) in [5.74, 6) is 0.102. The molecule has 0 aliphatic heterocycles. The van der Waals surface area contributed by atoms with E-state index in [1.165, 1.54) is 5.56 Å². The van der Waals surface area contributed by atoms with Crippen molar-refractivity contribution in [2.45, 2.75) is 19.3 Å². The highest BCUT2D eigenvalue weighted by Gasteiger charge is 2.09. The molecular weight excluding hydrogens is 246 g/mol. The lowest BCUT2D eigenvalue weighted by Crippen LogP contribution is -2.27. The largest absolute Gasteiger partial charge is 0.342 e. The average molecular weight is 267 g/mol. The molecule has 2 aromatic rings. The smallest absolute Gasteiger partial charge is 0.253 e. The molecule has 1 amide bonds. The number of nitrogens with zero attached hydrogens (tertiary/aromatic N) is 1. The quantitative estimate of drug-likeness (QED) is 0.729. The molecule has 104 valence electrons. The SMILES string of the molecule is CN(CCCCc1ccccc1)C(=O)c1ccccc1. The molecular formula is C18H21NO. The first-order valence-corrected chi connectivity index (χ1v) is 7.12. The van der Waals surface area contributed by atoms with Crippen LogP contribution in [0.3, 0.4) is 0 Å². The van der Waals surface area contributed by atoms with E-state index in [4.69, 9.17) is 0 Å². The van der Waals surface area contributed by atoms with Crippen LogP contribution in [0.5, 0.6) is 0 Å². The number of hydrogen-bond donors (Lipinski definition) is 0. The zero-order chi connectivity index (χ0) is 14.2. The average Bonchev–Trinajstić information content (AvgIpc) is 2.52. The Bertz CT molecular complexity index is 522. The molecule has 0 atom stereocenters. The summed E-state index contributed by atoms with van der Waals surface area (Å²) < 4.78 is 0. The van der Waals surface area contributed by atoms with Crippen LogP contribution in [0.25, 0.3) is 0 Å². The van der Waals surface area contributed by atoms with Gasteiger partial charge in [0.25, 0.3) is 5.91 Å². The Morgan fingerprint density at radius 2 is 1.50 bits per heavy atom. The summed E-state index contributed by atoms with van der Waals surface area (Å²) in [6.07, 6.45) is 3.22. The first-order chi connectivity index (χ1) is 9.77. The lowest BCUT2D eigenvalue weighted by molar-refractivity contribution is 0.0793. The predicted molar refractivity (Wildman–Crippen MR) is 82.8 cm³/mol. The zero-order valence-corrected chi connectivity index (χ0v) is 12.0. The Kier molecular flexibility index (Phi) is 5.36. The number of carbonyl (C=O) groups is 1. The third-order valence-electron chi connectivity index (χ3n) is 3.42. The molecule has 0 saturated carbocycles. The molecule has 0 saturated heterocycles. The second kappa shape index (κ2) is 7.49. The van der Waals surface area contributed by atoms with Crippen molar-refractivity contribution in [2.24, 2.45) is 0 Å². The Balaban J connectivity index is 1.73. The van der Waals surface area contributed by atoms with Gasteiger partial charge in [0.15, 0.2) is 0 Å². The highest BCUT2D eigenvalue weighted by molar-refractivity contribution is 5.93. The fourth-order valence-electron chi connectivity index (χ4n) is 2.23. The third-order valence-corrected chi connectivity index (χ3v) is 3.42. The van der Waals surface area contributed by atoms with Gasteiger partial charge in [0.1, 0.15) is 0 Å². The Hall–Kier alpha value is -2.09. The van der Waals surface area contributed by atoms with E-state index in [1.807, 2.05) is 43.4 Å². The molecule has 0 aliphatic rings. The third kappa shape index (κ3) is 4.23. The Labute approximate surface area is 121 Å². The topological polar surface area (TPSA) is 20.3 Å². The van der Waals surface area contributed by atoms with E-state index in [9.17, 15) is 4.79 Å².